The van der Waals surface area contributed by atoms with Crippen LogP contribution in [-0.2, 0) is 0 Å². The Labute approximate surface area is 131 Å². The van der Waals surface area contributed by atoms with Gasteiger partial charge in [-0.05, 0) is 66.5 Å². The number of fused-ring (bicyclic) bond motifs is 2. The summed E-state index contributed by atoms with van der Waals surface area (Å²) in [5.41, 5.74) is 0.572. The summed E-state index contributed by atoms with van der Waals surface area (Å²) < 4.78 is 0.761. The third kappa shape index (κ3) is 2.44. The Morgan fingerprint density at radius 1 is 1.32 bits per heavy atom. The van der Waals surface area contributed by atoms with Gasteiger partial charge in [0.1, 0.15) is 5.75 Å². The number of benzene rings is 1. The first-order chi connectivity index (χ1) is 9.06. The highest BCUT2D eigenvalue weighted by Gasteiger charge is 2.42. The summed E-state index contributed by atoms with van der Waals surface area (Å²) in [4.78, 5) is 14.6. The van der Waals surface area contributed by atoms with Crippen LogP contribution in [0, 0.1) is 3.57 Å². The number of amides is 1. The smallest absolute Gasteiger partial charge is 0.254 e. The predicted octanol–water partition coefficient (Wildman–Crippen LogP) is 3.37. The largest absolute Gasteiger partial charge is 0.507 e. The van der Waals surface area contributed by atoms with E-state index in [-0.39, 0.29) is 29.1 Å². The Kier molecular flexibility index (Phi) is 3.64. The van der Waals surface area contributed by atoms with E-state index in [2.05, 4.69) is 0 Å². The number of carbonyl (C=O) groups is 1. The maximum atomic E-state index is 12.6. The summed E-state index contributed by atoms with van der Waals surface area (Å²) in [5, 5.41) is 9.94. The van der Waals surface area contributed by atoms with Gasteiger partial charge in [0, 0.05) is 23.0 Å². The molecule has 5 heteroatoms. The van der Waals surface area contributed by atoms with Crippen LogP contribution >= 0.6 is 34.2 Å². The molecule has 2 unspecified atom stereocenters. The van der Waals surface area contributed by atoms with Crippen LogP contribution in [0.3, 0.4) is 0 Å². The number of halogens is 2. The van der Waals surface area contributed by atoms with Crippen molar-refractivity contribution in [1.29, 1.82) is 0 Å². The molecule has 19 heavy (non-hydrogen) atoms. The standard InChI is InChI=1S/C14H15ClINO2/c15-9-6-10-2-3-11(7-9)17(10)14(19)8-1-4-12(16)13(18)5-8/h1,4-5,9-11,18H,2-3,6-7H2. The van der Waals surface area contributed by atoms with E-state index >= 15 is 0 Å². The molecule has 0 aliphatic carbocycles. The zero-order valence-corrected chi connectivity index (χ0v) is 13.3. The van der Waals surface area contributed by atoms with Gasteiger partial charge in [0.15, 0.2) is 0 Å². The van der Waals surface area contributed by atoms with Crippen molar-refractivity contribution in [2.75, 3.05) is 0 Å². The minimum absolute atomic E-state index is 0.0303. The van der Waals surface area contributed by atoms with E-state index in [1.807, 2.05) is 27.5 Å². The molecular formula is C14H15ClINO2. The van der Waals surface area contributed by atoms with Gasteiger partial charge in [0.05, 0.1) is 3.57 Å². The fraction of sp³-hybridized carbons (Fsp3) is 0.500. The zero-order chi connectivity index (χ0) is 13.6. The van der Waals surface area contributed by atoms with E-state index in [0.717, 1.165) is 29.3 Å². The number of piperidine rings is 1. The Hall–Kier alpha value is -0.490. The topological polar surface area (TPSA) is 40.5 Å². The van der Waals surface area contributed by atoms with Crippen LogP contribution in [0.5, 0.6) is 5.75 Å². The minimum Gasteiger partial charge on any atom is -0.507 e. The van der Waals surface area contributed by atoms with Crippen molar-refractivity contribution in [2.45, 2.75) is 43.1 Å². The fourth-order valence-electron chi connectivity index (χ4n) is 3.24. The van der Waals surface area contributed by atoms with Gasteiger partial charge >= 0.3 is 0 Å². The quantitative estimate of drug-likeness (QED) is 0.589. The van der Waals surface area contributed by atoms with Crippen molar-refractivity contribution < 1.29 is 9.90 Å². The summed E-state index contributed by atoms with van der Waals surface area (Å²) in [6.45, 7) is 0. The summed E-state index contributed by atoms with van der Waals surface area (Å²) in [7, 11) is 0. The number of phenolic OH excluding ortho intramolecular Hbond substituents is 1. The van der Waals surface area contributed by atoms with Gasteiger partial charge in [-0.15, -0.1) is 11.6 Å². The van der Waals surface area contributed by atoms with Crippen molar-refractivity contribution in [1.82, 2.24) is 4.90 Å². The van der Waals surface area contributed by atoms with Crippen molar-refractivity contribution in [3.8, 4) is 5.75 Å². The van der Waals surface area contributed by atoms with E-state index < -0.39 is 0 Å². The minimum atomic E-state index is 0.0303. The molecule has 2 fully saturated rings. The molecule has 1 aromatic rings. The maximum Gasteiger partial charge on any atom is 0.254 e. The van der Waals surface area contributed by atoms with E-state index in [0.29, 0.717) is 5.56 Å². The summed E-state index contributed by atoms with van der Waals surface area (Å²) in [6.07, 6.45) is 3.88. The van der Waals surface area contributed by atoms with Crippen molar-refractivity contribution in [3.05, 3.63) is 27.3 Å². The number of hydrogen-bond acceptors (Lipinski definition) is 2. The molecule has 3 nitrogen and oxygen atoms in total. The molecule has 0 spiro atoms. The van der Waals surface area contributed by atoms with Crippen LogP contribution < -0.4 is 0 Å². The zero-order valence-electron chi connectivity index (χ0n) is 10.4. The Morgan fingerprint density at radius 3 is 2.53 bits per heavy atom. The lowest BCUT2D eigenvalue weighted by atomic mass is 10.0. The molecule has 2 saturated heterocycles. The predicted molar refractivity (Wildman–Crippen MR) is 82.7 cm³/mol. The lowest BCUT2D eigenvalue weighted by molar-refractivity contribution is 0.0599. The van der Waals surface area contributed by atoms with E-state index in [4.69, 9.17) is 11.6 Å². The Morgan fingerprint density at radius 2 is 1.95 bits per heavy atom. The molecule has 2 heterocycles. The van der Waals surface area contributed by atoms with Gasteiger partial charge in [-0.3, -0.25) is 4.79 Å². The summed E-state index contributed by atoms with van der Waals surface area (Å²) in [6, 6.07) is 5.68. The van der Waals surface area contributed by atoms with Crippen LogP contribution in [0.2, 0.25) is 0 Å². The number of carbonyl (C=O) groups excluding carboxylic acids is 1. The van der Waals surface area contributed by atoms with Gasteiger partial charge < -0.3 is 10.0 Å². The molecule has 0 radical (unpaired) electrons. The SMILES string of the molecule is O=C(c1ccc(I)c(O)c1)N1C2CCC1CC(Cl)C2. The van der Waals surface area contributed by atoms with Gasteiger partial charge in [-0.1, -0.05) is 0 Å². The lowest BCUT2D eigenvalue weighted by Gasteiger charge is -2.37. The van der Waals surface area contributed by atoms with Crippen LogP contribution in [0.15, 0.2) is 18.2 Å². The molecule has 2 aliphatic heterocycles. The molecular weight excluding hydrogens is 377 g/mol. The van der Waals surface area contributed by atoms with Gasteiger partial charge in [0.25, 0.3) is 5.91 Å². The van der Waals surface area contributed by atoms with Crippen LogP contribution in [0.25, 0.3) is 0 Å². The molecule has 2 aliphatic rings. The first kappa shape index (κ1) is 13.5. The molecule has 0 aromatic heterocycles. The number of rotatable bonds is 1. The first-order valence-electron chi connectivity index (χ1n) is 6.51. The number of phenols is 1. The normalized spacial score (nSPS) is 29.6. The molecule has 2 atom stereocenters. The van der Waals surface area contributed by atoms with Crippen LogP contribution in [0.4, 0.5) is 0 Å². The van der Waals surface area contributed by atoms with Gasteiger partial charge in [-0.25, -0.2) is 0 Å². The molecule has 1 N–H and O–H groups in total. The van der Waals surface area contributed by atoms with Gasteiger partial charge in [-0.2, -0.15) is 0 Å². The number of alkyl halides is 1. The maximum absolute atomic E-state index is 12.6. The molecule has 1 aromatic carbocycles. The number of nitrogens with zero attached hydrogens (tertiary/aromatic N) is 1. The second-order valence-corrected chi connectivity index (χ2v) is 7.11. The number of aromatic hydroxyl groups is 1. The Balaban J connectivity index is 1.86. The van der Waals surface area contributed by atoms with E-state index in [1.54, 1.807) is 18.2 Å². The summed E-state index contributed by atoms with van der Waals surface area (Å²) in [5.74, 6) is 0.203. The lowest BCUT2D eigenvalue weighted by Crippen LogP contribution is -2.46. The third-order valence-corrected chi connectivity index (χ3v) is 5.37. The van der Waals surface area contributed by atoms with Crippen LogP contribution in [-0.4, -0.2) is 33.4 Å². The second kappa shape index (κ2) is 5.13. The molecule has 0 saturated carbocycles. The fourth-order valence-corrected chi connectivity index (χ4v) is 3.98. The van der Waals surface area contributed by atoms with E-state index in [1.165, 1.54) is 0 Å². The molecule has 102 valence electrons. The number of hydrogen-bond donors (Lipinski definition) is 1. The highest BCUT2D eigenvalue weighted by Crippen LogP contribution is 2.39. The van der Waals surface area contributed by atoms with Crippen molar-refractivity contribution in [3.63, 3.8) is 0 Å². The highest BCUT2D eigenvalue weighted by molar-refractivity contribution is 14.1. The first-order valence-corrected chi connectivity index (χ1v) is 8.03. The van der Waals surface area contributed by atoms with Crippen molar-refractivity contribution >= 4 is 40.1 Å². The van der Waals surface area contributed by atoms with Gasteiger partial charge in [0.2, 0.25) is 0 Å². The highest BCUT2D eigenvalue weighted by atomic mass is 127. The Bertz CT molecular complexity index is 508. The van der Waals surface area contributed by atoms with Crippen LogP contribution in [0.1, 0.15) is 36.0 Å². The molecule has 3 rings (SSSR count). The third-order valence-electron chi connectivity index (χ3n) is 4.10. The van der Waals surface area contributed by atoms with Crippen molar-refractivity contribution in [2.24, 2.45) is 0 Å². The van der Waals surface area contributed by atoms with E-state index in [9.17, 15) is 9.90 Å². The monoisotopic (exact) mass is 391 g/mol. The molecule has 2 bridgehead atoms. The summed E-state index contributed by atoms with van der Waals surface area (Å²) >= 11 is 8.28. The average Bonchev–Trinajstić information content (AvgIpc) is 2.64. The second-order valence-electron chi connectivity index (χ2n) is 5.33. The molecule has 1 amide bonds. The average molecular weight is 392 g/mol.